The summed E-state index contributed by atoms with van der Waals surface area (Å²) >= 11 is 0. The summed E-state index contributed by atoms with van der Waals surface area (Å²) in [5, 5.41) is 0. The normalized spacial score (nSPS) is 16.4. The van der Waals surface area contributed by atoms with Crippen LogP contribution in [0.2, 0.25) is 0 Å². The van der Waals surface area contributed by atoms with E-state index in [1.54, 1.807) is 29.3 Å². The molecule has 1 fully saturated rings. The van der Waals surface area contributed by atoms with Gasteiger partial charge in [0.1, 0.15) is 0 Å². The zero-order valence-electron chi connectivity index (χ0n) is 10.2. The molecule has 0 spiro atoms. The van der Waals surface area contributed by atoms with Gasteiger partial charge in [-0.25, -0.2) is 0 Å². The van der Waals surface area contributed by atoms with Crippen LogP contribution in [0.25, 0.3) is 6.08 Å². The third-order valence-electron chi connectivity index (χ3n) is 3.01. The number of rotatable bonds is 3. The number of hydrogen-bond donors (Lipinski definition) is 0. The van der Waals surface area contributed by atoms with Crippen molar-refractivity contribution >= 4 is 18.3 Å². The minimum absolute atomic E-state index is 0.176. The van der Waals surface area contributed by atoms with Crippen molar-refractivity contribution in [1.82, 2.24) is 9.88 Å². The molecule has 0 saturated carbocycles. The van der Waals surface area contributed by atoms with Gasteiger partial charge in [-0.2, -0.15) is 0 Å². The maximum Gasteiger partial charge on any atom is 0.257 e. The van der Waals surface area contributed by atoms with Crippen LogP contribution >= 0.6 is 0 Å². The van der Waals surface area contributed by atoms with Crippen LogP contribution in [-0.2, 0) is 9.59 Å². The second-order valence-corrected chi connectivity index (χ2v) is 4.32. The second kappa shape index (κ2) is 6.10. The number of amides is 1. The second-order valence-electron chi connectivity index (χ2n) is 4.32. The van der Waals surface area contributed by atoms with E-state index in [2.05, 4.69) is 4.98 Å². The average molecular weight is 244 g/mol. The SMILES string of the molecule is O=C/C(=C\c1ccccn1)C(=O)N1CCCCC1. The van der Waals surface area contributed by atoms with Crippen molar-refractivity contribution in [3.63, 3.8) is 0 Å². The lowest BCUT2D eigenvalue weighted by molar-refractivity contribution is -0.128. The molecule has 1 aromatic rings. The monoisotopic (exact) mass is 244 g/mol. The number of likely N-dealkylation sites (tertiary alicyclic amines) is 1. The van der Waals surface area contributed by atoms with Crippen LogP contribution in [0.3, 0.4) is 0 Å². The predicted octanol–water partition coefficient (Wildman–Crippen LogP) is 1.68. The molecule has 0 bridgehead atoms. The third-order valence-corrected chi connectivity index (χ3v) is 3.01. The van der Waals surface area contributed by atoms with Crippen LogP contribution in [0.1, 0.15) is 25.0 Å². The molecular weight excluding hydrogens is 228 g/mol. The highest BCUT2D eigenvalue weighted by Crippen LogP contribution is 2.12. The summed E-state index contributed by atoms with van der Waals surface area (Å²) in [4.78, 5) is 29.0. The molecule has 94 valence electrons. The number of piperidine rings is 1. The molecule has 2 rings (SSSR count). The van der Waals surface area contributed by atoms with Gasteiger partial charge in [-0.1, -0.05) is 6.07 Å². The van der Waals surface area contributed by atoms with Crippen molar-refractivity contribution in [3.8, 4) is 0 Å². The van der Waals surface area contributed by atoms with Crippen molar-refractivity contribution in [2.24, 2.45) is 0 Å². The van der Waals surface area contributed by atoms with Crippen molar-refractivity contribution in [2.45, 2.75) is 19.3 Å². The van der Waals surface area contributed by atoms with Gasteiger partial charge in [0.15, 0.2) is 6.29 Å². The molecule has 4 heteroatoms. The first-order chi connectivity index (χ1) is 8.81. The van der Waals surface area contributed by atoms with Crippen LogP contribution in [0.5, 0.6) is 0 Å². The van der Waals surface area contributed by atoms with Crippen molar-refractivity contribution in [3.05, 3.63) is 35.7 Å². The smallest absolute Gasteiger partial charge is 0.257 e. The maximum absolute atomic E-state index is 12.1. The molecule has 1 amide bonds. The van der Waals surface area contributed by atoms with Gasteiger partial charge in [-0.3, -0.25) is 14.6 Å². The Morgan fingerprint density at radius 1 is 1.22 bits per heavy atom. The highest BCUT2D eigenvalue weighted by molar-refractivity contribution is 6.14. The third kappa shape index (κ3) is 3.03. The van der Waals surface area contributed by atoms with Gasteiger partial charge in [0.2, 0.25) is 0 Å². The highest BCUT2D eigenvalue weighted by atomic mass is 16.2. The molecule has 0 aromatic carbocycles. The number of aldehydes is 1. The van der Waals surface area contributed by atoms with Gasteiger partial charge >= 0.3 is 0 Å². The van der Waals surface area contributed by atoms with Crippen LogP contribution in [0.15, 0.2) is 30.0 Å². The van der Waals surface area contributed by atoms with E-state index < -0.39 is 0 Å². The summed E-state index contributed by atoms with van der Waals surface area (Å²) in [6, 6.07) is 5.39. The first kappa shape index (κ1) is 12.5. The van der Waals surface area contributed by atoms with Gasteiger partial charge in [-0.05, 0) is 37.5 Å². The molecule has 0 radical (unpaired) electrons. The fourth-order valence-corrected chi connectivity index (χ4v) is 2.05. The summed E-state index contributed by atoms with van der Waals surface area (Å²) in [5.74, 6) is -0.185. The zero-order valence-corrected chi connectivity index (χ0v) is 10.2. The Balaban J connectivity index is 2.15. The number of pyridine rings is 1. The largest absolute Gasteiger partial charge is 0.339 e. The molecule has 18 heavy (non-hydrogen) atoms. The van der Waals surface area contributed by atoms with Crippen molar-refractivity contribution in [1.29, 1.82) is 0 Å². The Morgan fingerprint density at radius 3 is 2.61 bits per heavy atom. The first-order valence-electron chi connectivity index (χ1n) is 6.18. The number of carbonyl (C=O) groups excluding carboxylic acids is 2. The van der Waals surface area contributed by atoms with Crippen LogP contribution in [0, 0.1) is 0 Å². The zero-order chi connectivity index (χ0) is 12.8. The minimum atomic E-state index is -0.185. The topological polar surface area (TPSA) is 50.3 Å². The Hall–Kier alpha value is -1.97. The van der Waals surface area contributed by atoms with Crippen LogP contribution in [-0.4, -0.2) is 35.2 Å². The Morgan fingerprint density at radius 2 is 2.00 bits per heavy atom. The van der Waals surface area contributed by atoms with Gasteiger partial charge in [0.05, 0.1) is 11.3 Å². The Bertz CT molecular complexity index is 448. The Labute approximate surface area is 106 Å². The fourth-order valence-electron chi connectivity index (χ4n) is 2.05. The first-order valence-corrected chi connectivity index (χ1v) is 6.18. The minimum Gasteiger partial charge on any atom is -0.339 e. The Kier molecular flexibility index (Phi) is 4.23. The number of nitrogens with zero attached hydrogens (tertiary/aromatic N) is 2. The molecule has 0 N–H and O–H groups in total. The van der Waals surface area contributed by atoms with Gasteiger partial charge < -0.3 is 4.90 Å². The van der Waals surface area contributed by atoms with Gasteiger partial charge in [0, 0.05) is 19.3 Å². The summed E-state index contributed by atoms with van der Waals surface area (Å²) in [7, 11) is 0. The lowest BCUT2D eigenvalue weighted by Crippen LogP contribution is -2.36. The summed E-state index contributed by atoms with van der Waals surface area (Å²) in [6.07, 6.45) is 6.99. The predicted molar refractivity (Wildman–Crippen MR) is 68.7 cm³/mol. The summed E-state index contributed by atoms with van der Waals surface area (Å²) in [5.41, 5.74) is 0.806. The molecule has 0 atom stereocenters. The van der Waals surface area contributed by atoms with Crippen LogP contribution < -0.4 is 0 Å². The van der Waals surface area contributed by atoms with E-state index in [-0.39, 0.29) is 11.5 Å². The number of carbonyl (C=O) groups is 2. The molecule has 1 saturated heterocycles. The maximum atomic E-state index is 12.1. The van der Waals surface area contributed by atoms with Crippen molar-refractivity contribution < 1.29 is 9.59 Å². The average Bonchev–Trinajstić information content (AvgIpc) is 2.46. The van der Waals surface area contributed by atoms with Gasteiger partial charge in [-0.15, -0.1) is 0 Å². The van der Waals surface area contributed by atoms with E-state index in [9.17, 15) is 9.59 Å². The number of aromatic nitrogens is 1. The van der Waals surface area contributed by atoms with Crippen molar-refractivity contribution in [2.75, 3.05) is 13.1 Å². The molecule has 0 unspecified atom stereocenters. The summed E-state index contributed by atoms with van der Waals surface area (Å²) in [6.45, 7) is 1.48. The molecule has 1 aliphatic rings. The van der Waals surface area contributed by atoms with E-state index in [1.165, 1.54) is 0 Å². The van der Waals surface area contributed by atoms with E-state index in [0.29, 0.717) is 12.0 Å². The quantitative estimate of drug-likeness (QED) is 0.352. The van der Waals surface area contributed by atoms with E-state index in [1.807, 2.05) is 6.07 Å². The molecule has 0 aliphatic carbocycles. The van der Waals surface area contributed by atoms with Gasteiger partial charge in [0.25, 0.3) is 5.91 Å². The molecule has 1 aromatic heterocycles. The summed E-state index contributed by atoms with van der Waals surface area (Å²) < 4.78 is 0. The standard InChI is InChI=1S/C14H16N2O2/c17-11-12(10-13-6-2-3-7-15-13)14(18)16-8-4-1-5-9-16/h2-3,6-7,10-11H,1,4-5,8-9H2/b12-10+. The molecule has 2 heterocycles. The lowest BCUT2D eigenvalue weighted by Gasteiger charge is -2.26. The lowest BCUT2D eigenvalue weighted by atomic mass is 10.1. The molecule has 4 nitrogen and oxygen atoms in total. The molecular formula is C14H16N2O2. The van der Waals surface area contributed by atoms with E-state index in [0.717, 1.165) is 32.4 Å². The number of hydrogen-bond acceptors (Lipinski definition) is 3. The molecule has 1 aliphatic heterocycles. The van der Waals surface area contributed by atoms with Crippen LogP contribution in [0.4, 0.5) is 0 Å². The fraction of sp³-hybridized carbons (Fsp3) is 0.357. The van der Waals surface area contributed by atoms with E-state index in [4.69, 9.17) is 0 Å². The highest BCUT2D eigenvalue weighted by Gasteiger charge is 2.19. The van der Waals surface area contributed by atoms with E-state index >= 15 is 0 Å².